The van der Waals surface area contributed by atoms with Crippen molar-refractivity contribution in [3.8, 4) is 23.1 Å². The Hall–Kier alpha value is -3.37. The first kappa shape index (κ1) is 20.9. The summed E-state index contributed by atoms with van der Waals surface area (Å²) in [7, 11) is 1.52. The molecule has 1 aliphatic rings. The lowest BCUT2D eigenvalue weighted by molar-refractivity contribution is -0.0946. The number of aromatic nitrogens is 4. The highest BCUT2D eigenvalue weighted by Gasteiger charge is 2.32. The molecule has 8 nitrogen and oxygen atoms in total. The number of alkyl halides is 1. The number of hydrogen-bond acceptors (Lipinski definition) is 8. The second-order valence-electron chi connectivity index (χ2n) is 6.90. The summed E-state index contributed by atoms with van der Waals surface area (Å²) in [5, 5.41) is 3.95. The molecule has 0 amide bonds. The molecule has 31 heavy (non-hydrogen) atoms. The van der Waals surface area contributed by atoms with Crippen LogP contribution in [-0.2, 0) is 9.47 Å². The topological polar surface area (TPSA) is 95.5 Å². The average Bonchev–Trinajstić information content (AvgIpc) is 3.24. The van der Waals surface area contributed by atoms with E-state index in [1.165, 1.54) is 19.2 Å². The van der Waals surface area contributed by atoms with Gasteiger partial charge < -0.3 is 14.0 Å². The van der Waals surface area contributed by atoms with Gasteiger partial charge in [0.1, 0.15) is 17.2 Å². The lowest BCUT2D eigenvalue weighted by atomic mass is 9.97. The van der Waals surface area contributed by atoms with Crippen LogP contribution in [0.5, 0.6) is 0 Å². The van der Waals surface area contributed by atoms with Gasteiger partial charge in [0.05, 0.1) is 25.6 Å². The summed E-state index contributed by atoms with van der Waals surface area (Å²) in [5.41, 5.74) is 2.81. The van der Waals surface area contributed by atoms with E-state index < -0.39 is 11.7 Å². The predicted molar refractivity (Wildman–Crippen MR) is 108 cm³/mol. The molecule has 1 aliphatic heterocycles. The molecule has 3 aromatic heterocycles. The average molecular weight is 427 g/mol. The molecule has 0 aliphatic carbocycles. The maximum Gasteiger partial charge on any atom is 0.276 e. The Labute approximate surface area is 176 Å². The molecule has 0 fully saturated rings. The molecule has 0 bridgehead atoms. The summed E-state index contributed by atoms with van der Waals surface area (Å²) in [6.45, 7) is 2.19. The lowest BCUT2D eigenvalue weighted by Crippen LogP contribution is -2.32. The number of aliphatic imine (C=N–C) groups is 1. The van der Waals surface area contributed by atoms with E-state index in [0.29, 0.717) is 28.2 Å². The molecular formula is C21H19F2N5O3. The molecule has 0 radical (unpaired) electrons. The number of aryl methyl sites for hydroxylation is 1. The van der Waals surface area contributed by atoms with Gasteiger partial charge in [-0.1, -0.05) is 5.16 Å². The Morgan fingerprint density at radius 3 is 2.81 bits per heavy atom. The highest BCUT2D eigenvalue weighted by atomic mass is 19.2. The van der Waals surface area contributed by atoms with Crippen LogP contribution in [0.25, 0.3) is 28.7 Å². The van der Waals surface area contributed by atoms with E-state index in [1.807, 2.05) is 6.07 Å². The first-order valence-electron chi connectivity index (χ1n) is 9.46. The summed E-state index contributed by atoms with van der Waals surface area (Å²) in [6, 6.07) is 6.23. The number of nitrogens with zero attached hydrogens (tertiary/aromatic N) is 5. The molecular weight excluding hydrogens is 408 g/mol. The normalized spacial score (nSPS) is 18.3. The van der Waals surface area contributed by atoms with Crippen molar-refractivity contribution in [2.24, 2.45) is 4.99 Å². The predicted octanol–water partition coefficient (Wildman–Crippen LogP) is 3.79. The third-order valence-electron chi connectivity index (χ3n) is 4.48. The van der Waals surface area contributed by atoms with E-state index >= 15 is 4.39 Å². The number of methoxy groups -OCH3 is 1. The van der Waals surface area contributed by atoms with Crippen molar-refractivity contribution in [3.63, 3.8) is 0 Å². The fraction of sp³-hybridized carbons (Fsp3) is 0.286. The van der Waals surface area contributed by atoms with Crippen molar-refractivity contribution in [1.29, 1.82) is 0 Å². The van der Waals surface area contributed by atoms with E-state index in [0.717, 1.165) is 12.4 Å². The van der Waals surface area contributed by atoms with E-state index in [9.17, 15) is 4.39 Å². The maximum absolute atomic E-state index is 15.0. The number of halogens is 2. The fourth-order valence-electron chi connectivity index (χ4n) is 3.05. The molecule has 0 saturated heterocycles. The quantitative estimate of drug-likeness (QED) is 0.530. The van der Waals surface area contributed by atoms with Crippen molar-refractivity contribution < 1.29 is 22.8 Å². The van der Waals surface area contributed by atoms with Crippen LogP contribution in [0.2, 0.25) is 0 Å². The third kappa shape index (κ3) is 4.86. The van der Waals surface area contributed by atoms with Gasteiger partial charge in [-0.15, -0.1) is 0 Å². The highest BCUT2D eigenvalue weighted by molar-refractivity contribution is 5.80. The van der Waals surface area contributed by atoms with Crippen molar-refractivity contribution in [3.05, 3.63) is 53.7 Å². The van der Waals surface area contributed by atoms with Crippen LogP contribution in [0, 0.1) is 12.7 Å². The molecule has 4 rings (SSSR count). The van der Waals surface area contributed by atoms with Crippen LogP contribution in [0.1, 0.15) is 17.7 Å². The molecule has 3 aromatic rings. The number of hydrogen-bond donors (Lipinski definition) is 0. The standard InChI is InChI=1S/C21H19F2N5O3/c1-13-7-14(15-9-21(23,12-24-10-15)30-6-5-29-2)8-18(26-13)19-27-20(31-28-19)17-4-3-16(22)11-25-17/h3-4,7-8,10-12H,5-6,9H2,1-2H3. The van der Waals surface area contributed by atoms with Gasteiger partial charge in [-0.05, 0) is 42.3 Å². The SMILES string of the molecule is COCCOC1(F)C=NC=C(c2cc(C)nc(-c3noc(-c4ccc(F)cn4)n3)c2)C1. The van der Waals surface area contributed by atoms with E-state index in [1.54, 1.807) is 19.2 Å². The molecule has 1 unspecified atom stereocenters. The molecule has 1 atom stereocenters. The molecule has 0 saturated carbocycles. The lowest BCUT2D eigenvalue weighted by Gasteiger charge is -2.25. The summed E-state index contributed by atoms with van der Waals surface area (Å²) in [5.74, 6) is -2.12. The fourth-order valence-corrected chi connectivity index (χ4v) is 3.05. The summed E-state index contributed by atoms with van der Waals surface area (Å²) >= 11 is 0. The van der Waals surface area contributed by atoms with Gasteiger partial charge in [0.25, 0.3) is 5.89 Å². The van der Waals surface area contributed by atoms with E-state index in [-0.39, 0.29) is 31.3 Å². The van der Waals surface area contributed by atoms with Gasteiger partial charge in [0.15, 0.2) is 0 Å². The van der Waals surface area contributed by atoms with Crippen molar-refractivity contribution in [2.45, 2.75) is 19.2 Å². The van der Waals surface area contributed by atoms with Gasteiger partial charge in [-0.25, -0.2) is 18.7 Å². The molecule has 10 heteroatoms. The van der Waals surface area contributed by atoms with Gasteiger partial charge >= 0.3 is 0 Å². The Bertz CT molecular complexity index is 1130. The van der Waals surface area contributed by atoms with Crippen molar-refractivity contribution in [1.82, 2.24) is 20.1 Å². The van der Waals surface area contributed by atoms with E-state index in [4.69, 9.17) is 14.0 Å². The number of pyridine rings is 2. The summed E-state index contributed by atoms with van der Waals surface area (Å²) < 4.78 is 43.5. The van der Waals surface area contributed by atoms with Crippen molar-refractivity contribution in [2.75, 3.05) is 20.3 Å². The monoisotopic (exact) mass is 427 g/mol. The minimum atomic E-state index is -2.02. The first-order chi connectivity index (χ1) is 15.0. The zero-order valence-electron chi connectivity index (χ0n) is 16.9. The maximum atomic E-state index is 15.0. The highest BCUT2D eigenvalue weighted by Crippen LogP contribution is 2.33. The van der Waals surface area contributed by atoms with Crippen LogP contribution in [0.4, 0.5) is 8.78 Å². The Morgan fingerprint density at radius 2 is 2.03 bits per heavy atom. The van der Waals surface area contributed by atoms with Gasteiger partial charge in [-0.3, -0.25) is 4.99 Å². The minimum absolute atomic E-state index is 0.0138. The number of ether oxygens (including phenoxy) is 2. The molecule has 4 heterocycles. The second-order valence-corrected chi connectivity index (χ2v) is 6.90. The van der Waals surface area contributed by atoms with Crippen LogP contribution in [-0.4, -0.2) is 52.5 Å². The zero-order valence-corrected chi connectivity index (χ0v) is 16.9. The van der Waals surface area contributed by atoms with Crippen LogP contribution < -0.4 is 0 Å². The largest absolute Gasteiger partial charge is 0.382 e. The Kier molecular flexibility index (Phi) is 5.92. The van der Waals surface area contributed by atoms with Gasteiger partial charge in [0.2, 0.25) is 11.7 Å². The summed E-state index contributed by atoms with van der Waals surface area (Å²) in [6.07, 6.45) is 3.78. The molecule has 160 valence electrons. The Morgan fingerprint density at radius 1 is 1.16 bits per heavy atom. The van der Waals surface area contributed by atoms with Crippen LogP contribution in [0.15, 0.2) is 46.2 Å². The minimum Gasteiger partial charge on any atom is -0.382 e. The van der Waals surface area contributed by atoms with E-state index in [2.05, 4.69) is 25.1 Å². The first-order valence-corrected chi connectivity index (χ1v) is 9.46. The second kappa shape index (κ2) is 8.78. The number of rotatable bonds is 7. The van der Waals surface area contributed by atoms with Crippen LogP contribution in [0.3, 0.4) is 0 Å². The molecule has 0 N–H and O–H groups in total. The van der Waals surface area contributed by atoms with Crippen molar-refractivity contribution >= 4 is 11.8 Å². The van der Waals surface area contributed by atoms with Gasteiger partial charge in [0, 0.05) is 25.4 Å². The van der Waals surface area contributed by atoms with Crippen LogP contribution >= 0.6 is 0 Å². The van der Waals surface area contributed by atoms with Gasteiger partial charge in [-0.2, -0.15) is 4.98 Å². The molecule has 0 spiro atoms. The third-order valence-corrected chi connectivity index (χ3v) is 4.48. The zero-order chi connectivity index (χ0) is 21.8. The smallest absolute Gasteiger partial charge is 0.276 e. The molecule has 0 aromatic carbocycles. The summed E-state index contributed by atoms with van der Waals surface area (Å²) in [4.78, 5) is 16.7. The Balaban J connectivity index is 1.59.